The molecule has 1 aromatic rings. The van der Waals surface area contributed by atoms with Gasteiger partial charge in [0.05, 0.1) is 19.7 Å². The van der Waals surface area contributed by atoms with Crippen LogP contribution in [0.4, 0.5) is 4.79 Å². The van der Waals surface area contributed by atoms with Crippen molar-refractivity contribution in [2.24, 2.45) is 4.99 Å². The molecule has 0 saturated carbocycles. The van der Waals surface area contributed by atoms with E-state index in [1.54, 1.807) is 13.3 Å². The summed E-state index contributed by atoms with van der Waals surface area (Å²) in [6.07, 6.45) is 2.25. The third-order valence-corrected chi connectivity index (χ3v) is 3.96. The highest BCUT2D eigenvalue weighted by molar-refractivity contribution is 14.0. The van der Waals surface area contributed by atoms with Gasteiger partial charge in [-0.25, -0.2) is 14.8 Å². The van der Waals surface area contributed by atoms with Crippen LogP contribution in [0.2, 0.25) is 0 Å². The van der Waals surface area contributed by atoms with Crippen LogP contribution in [0.15, 0.2) is 23.3 Å². The van der Waals surface area contributed by atoms with Crippen molar-refractivity contribution in [2.45, 2.75) is 52.3 Å². The number of pyridine rings is 1. The molecule has 0 radical (unpaired) electrons. The number of ether oxygens (including phenoxy) is 2. The Bertz CT molecular complexity index is 646. The summed E-state index contributed by atoms with van der Waals surface area (Å²) >= 11 is 0. The molecule has 1 aliphatic heterocycles. The number of hydrogen-bond acceptors (Lipinski definition) is 5. The zero-order chi connectivity index (χ0) is 19.9. The van der Waals surface area contributed by atoms with Crippen molar-refractivity contribution >= 4 is 36.0 Å². The molecule has 1 amide bonds. The maximum Gasteiger partial charge on any atom is 0.407 e. The Morgan fingerprint density at radius 3 is 2.71 bits per heavy atom. The van der Waals surface area contributed by atoms with E-state index >= 15 is 0 Å². The molecule has 2 rings (SSSR count). The van der Waals surface area contributed by atoms with Gasteiger partial charge in [-0.3, -0.25) is 0 Å². The third-order valence-electron chi connectivity index (χ3n) is 3.96. The maximum atomic E-state index is 12.0. The predicted molar refractivity (Wildman–Crippen MR) is 120 cm³/mol. The van der Waals surface area contributed by atoms with Gasteiger partial charge in [-0.15, -0.1) is 24.0 Å². The van der Waals surface area contributed by atoms with E-state index in [1.165, 1.54) is 0 Å². The fourth-order valence-electron chi connectivity index (χ4n) is 2.76. The van der Waals surface area contributed by atoms with Crippen molar-refractivity contribution in [3.05, 3.63) is 23.9 Å². The number of halogens is 1. The average Bonchev–Trinajstić information content (AvgIpc) is 3.05. The van der Waals surface area contributed by atoms with Gasteiger partial charge in [0.25, 0.3) is 0 Å². The monoisotopic (exact) mass is 505 g/mol. The smallest absolute Gasteiger partial charge is 0.407 e. The molecule has 1 aliphatic rings. The SMILES string of the molecule is CCNC(=NCc1ccc(OC)nc1)N1CCC(NC(=O)OC(C)(C)C)C1.I. The molecule has 2 N–H and O–H groups in total. The molecule has 9 heteroatoms. The zero-order valence-corrected chi connectivity index (χ0v) is 19.6. The summed E-state index contributed by atoms with van der Waals surface area (Å²) < 4.78 is 10.4. The molecule has 0 spiro atoms. The Hall–Kier alpha value is -1.78. The largest absolute Gasteiger partial charge is 0.481 e. The number of aromatic nitrogens is 1. The fourth-order valence-corrected chi connectivity index (χ4v) is 2.76. The highest BCUT2D eigenvalue weighted by Gasteiger charge is 2.27. The standard InChI is InChI=1S/C19H31N5O3.HI/c1-6-20-17(22-12-14-7-8-16(26-5)21-11-14)24-10-9-15(13-24)23-18(25)27-19(2,3)4;/h7-8,11,15H,6,9-10,12-13H2,1-5H3,(H,20,22)(H,23,25);1H. The van der Waals surface area contributed by atoms with Crippen LogP contribution in [0.25, 0.3) is 0 Å². The first-order chi connectivity index (χ1) is 12.8. The molecule has 2 heterocycles. The second kappa shape index (κ2) is 11.3. The van der Waals surface area contributed by atoms with Crippen LogP contribution in [-0.4, -0.2) is 60.3 Å². The average molecular weight is 505 g/mol. The number of hydrogen-bond donors (Lipinski definition) is 2. The van der Waals surface area contributed by atoms with Crippen molar-refractivity contribution in [3.8, 4) is 5.88 Å². The van der Waals surface area contributed by atoms with Gasteiger partial charge >= 0.3 is 6.09 Å². The number of aliphatic imine (C=N–C) groups is 1. The molecule has 1 saturated heterocycles. The number of carbonyl (C=O) groups is 1. The molecule has 0 bridgehead atoms. The fraction of sp³-hybridized carbons (Fsp3) is 0.632. The van der Waals surface area contributed by atoms with Crippen LogP contribution >= 0.6 is 24.0 Å². The van der Waals surface area contributed by atoms with Crippen LogP contribution in [0.5, 0.6) is 5.88 Å². The second-order valence-corrected chi connectivity index (χ2v) is 7.46. The Morgan fingerprint density at radius 2 is 2.14 bits per heavy atom. The van der Waals surface area contributed by atoms with E-state index in [2.05, 4.69) is 20.5 Å². The normalized spacial score (nSPS) is 17.0. The van der Waals surface area contributed by atoms with Crippen molar-refractivity contribution in [3.63, 3.8) is 0 Å². The van der Waals surface area contributed by atoms with Crippen LogP contribution in [0, 0.1) is 0 Å². The number of methoxy groups -OCH3 is 1. The summed E-state index contributed by atoms with van der Waals surface area (Å²) in [5.41, 5.74) is 0.513. The van der Waals surface area contributed by atoms with Gasteiger partial charge in [-0.05, 0) is 39.7 Å². The highest BCUT2D eigenvalue weighted by Crippen LogP contribution is 2.13. The minimum absolute atomic E-state index is 0. The Labute approximate surface area is 184 Å². The van der Waals surface area contributed by atoms with Crippen LogP contribution in [0.1, 0.15) is 39.7 Å². The van der Waals surface area contributed by atoms with Gasteiger partial charge in [0.1, 0.15) is 5.60 Å². The van der Waals surface area contributed by atoms with E-state index in [0.717, 1.165) is 31.0 Å². The van der Waals surface area contributed by atoms with Crippen LogP contribution < -0.4 is 15.4 Å². The first kappa shape index (κ1) is 24.3. The molecule has 8 nitrogen and oxygen atoms in total. The minimum Gasteiger partial charge on any atom is -0.481 e. The molecule has 1 atom stereocenters. The number of nitrogens with zero attached hydrogens (tertiary/aromatic N) is 3. The lowest BCUT2D eigenvalue weighted by atomic mass is 10.2. The highest BCUT2D eigenvalue weighted by atomic mass is 127. The number of alkyl carbamates (subject to hydrolysis) is 1. The quantitative estimate of drug-likeness (QED) is 0.364. The van der Waals surface area contributed by atoms with E-state index in [9.17, 15) is 4.79 Å². The van der Waals surface area contributed by atoms with E-state index in [4.69, 9.17) is 14.5 Å². The van der Waals surface area contributed by atoms with Gasteiger partial charge in [0.15, 0.2) is 5.96 Å². The summed E-state index contributed by atoms with van der Waals surface area (Å²) in [5.74, 6) is 1.42. The number of likely N-dealkylation sites (tertiary alicyclic amines) is 1. The van der Waals surface area contributed by atoms with Crippen molar-refractivity contribution < 1.29 is 14.3 Å². The minimum atomic E-state index is -0.495. The number of carbonyl (C=O) groups excluding carboxylic acids is 1. The van der Waals surface area contributed by atoms with E-state index in [-0.39, 0.29) is 36.1 Å². The molecule has 1 unspecified atom stereocenters. The van der Waals surface area contributed by atoms with E-state index in [1.807, 2.05) is 39.8 Å². The van der Waals surface area contributed by atoms with Crippen molar-refractivity contribution in [2.75, 3.05) is 26.7 Å². The zero-order valence-electron chi connectivity index (χ0n) is 17.3. The lowest BCUT2D eigenvalue weighted by Crippen LogP contribution is -2.44. The predicted octanol–water partition coefficient (Wildman–Crippen LogP) is 2.77. The van der Waals surface area contributed by atoms with Gasteiger partial charge in [0.2, 0.25) is 5.88 Å². The summed E-state index contributed by atoms with van der Waals surface area (Å²) in [4.78, 5) is 23.0. The summed E-state index contributed by atoms with van der Waals surface area (Å²) in [6, 6.07) is 3.83. The Balaban J connectivity index is 0.00000392. The Morgan fingerprint density at radius 1 is 1.39 bits per heavy atom. The lowest BCUT2D eigenvalue weighted by Gasteiger charge is -2.23. The summed E-state index contributed by atoms with van der Waals surface area (Å²) in [6.45, 7) is 10.4. The topological polar surface area (TPSA) is 88.1 Å². The maximum absolute atomic E-state index is 12.0. The molecule has 158 valence electrons. The van der Waals surface area contributed by atoms with Gasteiger partial charge in [0, 0.05) is 31.9 Å². The van der Waals surface area contributed by atoms with Gasteiger partial charge < -0.3 is 25.0 Å². The molecular formula is C19H32IN5O3. The molecule has 1 fully saturated rings. The van der Waals surface area contributed by atoms with Gasteiger partial charge in [-0.2, -0.15) is 0 Å². The Kier molecular flexibility index (Phi) is 9.77. The first-order valence-corrected chi connectivity index (χ1v) is 9.32. The van der Waals surface area contributed by atoms with Crippen molar-refractivity contribution in [1.82, 2.24) is 20.5 Å². The molecule has 0 aromatic carbocycles. The number of guanidine groups is 1. The molecular weight excluding hydrogens is 473 g/mol. The summed E-state index contributed by atoms with van der Waals surface area (Å²) in [7, 11) is 1.60. The van der Waals surface area contributed by atoms with Gasteiger partial charge in [-0.1, -0.05) is 6.07 Å². The first-order valence-electron chi connectivity index (χ1n) is 9.32. The second-order valence-electron chi connectivity index (χ2n) is 7.46. The number of nitrogens with one attached hydrogen (secondary N) is 2. The third kappa shape index (κ3) is 8.07. The van der Waals surface area contributed by atoms with Crippen LogP contribution in [0.3, 0.4) is 0 Å². The lowest BCUT2D eigenvalue weighted by molar-refractivity contribution is 0.0507. The number of rotatable bonds is 5. The van der Waals surface area contributed by atoms with E-state index in [0.29, 0.717) is 19.0 Å². The molecule has 28 heavy (non-hydrogen) atoms. The summed E-state index contributed by atoms with van der Waals surface area (Å²) in [5, 5.41) is 6.26. The number of amides is 1. The van der Waals surface area contributed by atoms with Crippen molar-refractivity contribution in [1.29, 1.82) is 0 Å². The van der Waals surface area contributed by atoms with Crippen LogP contribution in [-0.2, 0) is 11.3 Å². The molecule has 1 aromatic heterocycles. The molecule has 0 aliphatic carbocycles. The van der Waals surface area contributed by atoms with E-state index < -0.39 is 5.60 Å².